The standard InChI is InChI=1S/C25H23ClFN5O4/c1-12(22(34)31-25(9-20(25)33)15-6-16(27)8-17(7-15)36-2)32-11-14-4-3-13(5-18(14)23(32)35)21-19(26)10-29-24(28)30-21/h3-8,10,12,20,33H,9,11H2,1-2H3,(H,31,34)(H2,28,29,30)/t12-,20?,25?/m1/s1. The molecule has 9 nitrogen and oxygen atoms in total. The molecule has 0 bridgehead atoms. The molecule has 1 aromatic heterocycles. The summed E-state index contributed by atoms with van der Waals surface area (Å²) in [5.74, 6) is -1.01. The molecule has 11 heteroatoms. The van der Waals surface area contributed by atoms with E-state index in [0.29, 0.717) is 27.4 Å². The Morgan fingerprint density at radius 2 is 2.11 bits per heavy atom. The number of anilines is 1. The average molecular weight is 512 g/mol. The Hall–Kier alpha value is -3.76. The van der Waals surface area contributed by atoms with Crippen molar-refractivity contribution in [3.63, 3.8) is 0 Å². The van der Waals surface area contributed by atoms with Gasteiger partial charge in [0, 0.05) is 30.2 Å². The van der Waals surface area contributed by atoms with Crippen LogP contribution in [-0.4, -0.2) is 51.0 Å². The van der Waals surface area contributed by atoms with Gasteiger partial charge in [-0.2, -0.15) is 0 Å². The lowest BCUT2D eigenvalue weighted by Crippen LogP contribution is -2.49. The molecule has 0 spiro atoms. The summed E-state index contributed by atoms with van der Waals surface area (Å²) in [4.78, 5) is 35.9. The summed E-state index contributed by atoms with van der Waals surface area (Å²) in [6.07, 6.45) is 0.723. The maximum absolute atomic E-state index is 14.1. The van der Waals surface area contributed by atoms with Gasteiger partial charge < -0.3 is 25.8 Å². The summed E-state index contributed by atoms with van der Waals surface area (Å²) < 4.78 is 19.2. The van der Waals surface area contributed by atoms with Crippen molar-refractivity contribution in [2.24, 2.45) is 0 Å². The number of nitrogens with two attached hydrogens (primary N) is 1. The molecule has 3 atom stereocenters. The number of hydrogen-bond acceptors (Lipinski definition) is 7. The highest BCUT2D eigenvalue weighted by Gasteiger charge is 2.57. The van der Waals surface area contributed by atoms with E-state index in [4.69, 9.17) is 22.1 Å². The highest BCUT2D eigenvalue weighted by Crippen LogP contribution is 2.47. The Morgan fingerprint density at radius 1 is 1.36 bits per heavy atom. The van der Waals surface area contributed by atoms with Gasteiger partial charge >= 0.3 is 0 Å². The van der Waals surface area contributed by atoms with Crippen LogP contribution in [0.2, 0.25) is 5.02 Å². The average Bonchev–Trinajstić information content (AvgIpc) is 3.40. The Kier molecular flexibility index (Phi) is 5.80. The van der Waals surface area contributed by atoms with Gasteiger partial charge in [-0.1, -0.05) is 23.7 Å². The molecule has 2 aromatic carbocycles. The van der Waals surface area contributed by atoms with Crippen molar-refractivity contribution in [2.75, 3.05) is 12.8 Å². The van der Waals surface area contributed by atoms with E-state index in [9.17, 15) is 19.1 Å². The summed E-state index contributed by atoms with van der Waals surface area (Å²) >= 11 is 6.22. The fourth-order valence-corrected chi connectivity index (χ4v) is 4.73. The van der Waals surface area contributed by atoms with Crippen LogP contribution in [0.4, 0.5) is 10.3 Å². The van der Waals surface area contributed by atoms with Gasteiger partial charge in [0.15, 0.2) is 0 Å². The predicted molar refractivity (Wildman–Crippen MR) is 130 cm³/mol. The highest BCUT2D eigenvalue weighted by molar-refractivity contribution is 6.33. The monoisotopic (exact) mass is 511 g/mol. The van der Waals surface area contributed by atoms with Crippen LogP contribution in [0.15, 0.2) is 42.6 Å². The number of aliphatic hydroxyl groups excluding tert-OH is 1. The van der Waals surface area contributed by atoms with E-state index in [1.54, 1.807) is 31.2 Å². The van der Waals surface area contributed by atoms with Gasteiger partial charge in [-0.05, 0) is 36.2 Å². The normalized spacial score (nSPS) is 21.2. The van der Waals surface area contributed by atoms with Crippen LogP contribution in [-0.2, 0) is 16.9 Å². The van der Waals surface area contributed by atoms with Crippen molar-refractivity contribution in [3.8, 4) is 17.0 Å². The number of hydrogen-bond donors (Lipinski definition) is 3. The minimum Gasteiger partial charge on any atom is -0.497 e. The van der Waals surface area contributed by atoms with Crippen molar-refractivity contribution in [2.45, 2.75) is 37.6 Å². The van der Waals surface area contributed by atoms with Crippen LogP contribution in [0, 0.1) is 5.82 Å². The van der Waals surface area contributed by atoms with Crippen molar-refractivity contribution in [1.29, 1.82) is 0 Å². The zero-order chi connectivity index (χ0) is 25.8. The molecule has 0 saturated heterocycles. The minimum atomic E-state index is -1.15. The number of aromatic nitrogens is 2. The number of amides is 2. The van der Waals surface area contributed by atoms with Crippen LogP contribution in [0.3, 0.4) is 0 Å². The second kappa shape index (κ2) is 8.72. The van der Waals surface area contributed by atoms with Crippen molar-refractivity contribution in [1.82, 2.24) is 20.2 Å². The third-order valence-corrected chi connectivity index (χ3v) is 6.99. The van der Waals surface area contributed by atoms with E-state index in [-0.39, 0.29) is 30.6 Å². The Morgan fingerprint density at radius 3 is 2.81 bits per heavy atom. The molecule has 36 heavy (non-hydrogen) atoms. The summed E-state index contributed by atoms with van der Waals surface area (Å²) in [5.41, 5.74) is 7.11. The van der Waals surface area contributed by atoms with E-state index >= 15 is 0 Å². The molecule has 2 amide bonds. The van der Waals surface area contributed by atoms with Crippen molar-refractivity contribution in [3.05, 3.63) is 70.1 Å². The van der Waals surface area contributed by atoms with Gasteiger partial charge in [-0.3, -0.25) is 9.59 Å². The molecule has 2 heterocycles. The lowest BCUT2D eigenvalue weighted by Gasteiger charge is -2.27. The van der Waals surface area contributed by atoms with E-state index < -0.39 is 29.4 Å². The molecule has 1 saturated carbocycles. The third-order valence-electron chi connectivity index (χ3n) is 6.72. The molecule has 2 aliphatic rings. The molecule has 3 aromatic rings. The van der Waals surface area contributed by atoms with E-state index in [0.717, 1.165) is 5.56 Å². The summed E-state index contributed by atoms with van der Waals surface area (Å²) in [6.45, 7) is 1.84. The number of nitrogens with one attached hydrogen (secondary N) is 1. The molecular weight excluding hydrogens is 489 g/mol. The molecule has 1 fully saturated rings. The number of nitrogens with zero attached hydrogens (tertiary/aromatic N) is 3. The number of carbonyl (C=O) groups excluding carboxylic acids is 2. The Bertz CT molecular complexity index is 1400. The molecule has 1 aliphatic heterocycles. The van der Waals surface area contributed by atoms with Gasteiger partial charge in [-0.15, -0.1) is 0 Å². The maximum Gasteiger partial charge on any atom is 0.255 e. The quantitative estimate of drug-likeness (QED) is 0.463. The maximum atomic E-state index is 14.1. The van der Waals surface area contributed by atoms with Gasteiger partial charge in [0.2, 0.25) is 11.9 Å². The largest absolute Gasteiger partial charge is 0.497 e. The summed E-state index contributed by atoms with van der Waals surface area (Å²) in [7, 11) is 1.41. The fourth-order valence-electron chi connectivity index (χ4n) is 4.53. The van der Waals surface area contributed by atoms with Gasteiger partial charge in [0.25, 0.3) is 5.91 Å². The summed E-state index contributed by atoms with van der Waals surface area (Å²) in [5, 5.41) is 13.5. The number of aliphatic hydroxyl groups is 1. The number of nitrogen functional groups attached to an aromatic ring is 1. The number of rotatable bonds is 6. The van der Waals surface area contributed by atoms with E-state index in [2.05, 4.69) is 15.3 Å². The SMILES string of the molecule is COc1cc(F)cc(C2(NC(=O)[C@@H](C)N3Cc4ccc(-c5nc(N)ncc5Cl)cc4C3=O)CC2O)c1. The molecular formula is C25H23ClFN5O4. The smallest absolute Gasteiger partial charge is 0.255 e. The van der Waals surface area contributed by atoms with Crippen LogP contribution < -0.4 is 15.8 Å². The first-order chi connectivity index (χ1) is 17.1. The zero-order valence-corrected chi connectivity index (χ0v) is 20.2. The number of carbonyl (C=O) groups is 2. The number of benzene rings is 2. The van der Waals surface area contributed by atoms with Gasteiger partial charge in [-0.25, -0.2) is 14.4 Å². The predicted octanol–water partition coefficient (Wildman–Crippen LogP) is 2.65. The lowest BCUT2D eigenvalue weighted by molar-refractivity contribution is -0.126. The number of methoxy groups -OCH3 is 1. The molecule has 0 radical (unpaired) electrons. The summed E-state index contributed by atoms with van der Waals surface area (Å²) in [6, 6.07) is 8.43. The second-order valence-corrected chi connectivity index (χ2v) is 9.37. The molecule has 4 N–H and O–H groups in total. The zero-order valence-electron chi connectivity index (χ0n) is 19.5. The molecule has 1 aliphatic carbocycles. The minimum absolute atomic E-state index is 0.0558. The first kappa shape index (κ1) is 24.0. The topological polar surface area (TPSA) is 131 Å². The fraction of sp³-hybridized carbons (Fsp3) is 0.280. The third kappa shape index (κ3) is 4.02. The first-order valence-electron chi connectivity index (χ1n) is 11.2. The Labute approximate surface area is 211 Å². The number of fused-ring (bicyclic) bond motifs is 1. The van der Waals surface area contributed by atoms with Crippen LogP contribution >= 0.6 is 11.6 Å². The lowest BCUT2D eigenvalue weighted by atomic mass is 10.0. The highest BCUT2D eigenvalue weighted by atomic mass is 35.5. The van der Waals surface area contributed by atoms with Crippen LogP contribution in [0.25, 0.3) is 11.3 Å². The molecule has 5 rings (SSSR count). The molecule has 186 valence electrons. The van der Waals surface area contributed by atoms with Crippen LogP contribution in [0.5, 0.6) is 5.75 Å². The van der Waals surface area contributed by atoms with Gasteiger partial charge in [0.05, 0.1) is 35.7 Å². The van der Waals surface area contributed by atoms with Crippen LogP contribution in [0.1, 0.15) is 34.8 Å². The number of ether oxygens (including phenoxy) is 1. The van der Waals surface area contributed by atoms with E-state index in [1.165, 1.54) is 30.3 Å². The number of halogens is 2. The van der Waals surface area contributed by atoms with Crippen molar-refractivity contribution >= 4 is 29.4 Å². The Balaban J connectivity index is 1.36. The second-order valence-electron chi connectivity index (χ2n) is 8.97. The van der Waals surface area contributed by atoms with E-state index in [1.807, 2.05) is 0 Å². The van der Waals surface area contributed by atoms with Gasteiger partial charge in [0.1, 0.15) is 17.6 Å². The van der Waals surface area contributed by atoms with Crippen molar-refractivity contribution < 1.29 is 23.8 Å². The molecule has 2 unspecified atom stereocenters. The first-order valence-corrected chi connectivity index (χ1v) is 11.6.